The Morgan fingerprint density at radius 1 is 1.20 bits per heavy atom. The Labute approximate surface area is 122 Å². The van der Waals surface area contributed by atoms with Gasteiger partial charge in [0.15, 0.2) is 0 Å². The Bertz CT molecular complexity index is 494. The number of hydrogen-bond acceptors (Lipinski definition) is 4. The molecule has 2 aliphatic rings. The second-order valence-electron chi connectivity index (χ2n) is 5.59. The van der Waals surface area contributed by atoms with Gasteiger partial charge in [-0.1, -0.05) is 12.1 Å². The van der Waals surface area contributed by atoms with Crippen LogP contribution in [0.15, 0.2) is 29.2 Å². The van der Waals surface area contributed by atoms with Crippen molar-refractivity contribution in [2.24, 2.45) is 0 Å². The monoisotopic (exact) mass is 295 g/mol. The maximum absolute atomic E-state index is 12.8. The van der Waals surface area contributed by atoms with Crippen LogP contribution in [0.5, 0.6) is 0 Å². The van der Waals surface area contributed by atoms with Crippen molar-refractivity contribution in [2.45, 2.75) is 41.4 Å². The fourth-order valence-electron chi connectivity index (χ4n) is 3.10. The molecular formula is C15H21NO3S. The van der Waals surface area contributed by atoms with Gasteiger partial charge >= 0.3 is 0 Å². The van der Waals surface area contributed by atoms with Gasteiger partial charge in [-0.05, 0) is 37.8 Å². The lowest BCUT2D eigenvalue weighted by atomic mass is 9.86. The van der Waals surface area contributed by atoms with E-state index in [1.807, 2.05) is 24.3 Å². The molecule has 2 fully saturated rings. The number of anilines is 1. The van der Waals surface area contributed by atoms with Gasteiger partial charge in [0.1, 0.15) is 0 Å². The predicted molar refractivity (Wildman–Crippen MR) is 79.0 cm³/mol. The van der Waals surface area contributed by atoms with Gasteiger partial charge in [0.05, 0.1) is 21.3 Å². The molecule has 2 atom stereocenters. The molecule has 0 saturated carbocycles. The Morgan fingerprint density at radius 3 is 2.70 bits per heavy atom. The van der Waals surface area contributed by atoms with E-state index in [1.165, 1.54) is 0 Å². The van der Waals surface area contributed by atoms with E-state index in [0.29, 0.717) is 12.3 Å². The number of rotatable bonds is 2. The van der Waals surface area contributed by atoms with Crippen LogP contribution < -0.4 is 5.73 Å². The third-order valence-corrected chi connectivity index (χ3v) is 6.10. The number of nitrogens with two attached hydrogens (primary N) is 1. The lowest BCUT2D eigenvalue weighted by Crippen LogP contribution is -2.47. The zero-order valence-corrected chi connectivity index (χ0v) is 12.4. The predicted octanol–water partition coefficient (Wildman–Crippen LogP) is 2.10. The highest BCUT2D eigenvalue weighted by molar-refractivity contribution is 7.85. The third-order valence-electron chi connectivity index (χ3n) is 4.29. The van der Waals surface area contributed by atoms with Gasteiger partial charge in [-0.15, -0.1) is 0 Å². The molecule has 2 heterocycles. The van der Waals surface area contributed by atoms with Crippen molar-refractivity contribution < 1.29 is 13.7 Å². The Kier molecular flexibility index (Phi) is 4.10. The number of benzene rings is 1. The van der Waals surface area contributed by atoms with E-state index in [4.69, 9.17) is 15.2 Å². The van der Waals surface area contributed by atoms with Crippen LogP contribution in [-0.4, -0.2) is 34.9 Å². The van der Waals surface area contributed by atoms with E-state index in [0.717, 1.165) is 43.8 Å². The third kappa shape index (κ3) is 2.75. The molecule has 4 nitrogen and oxygen atoms in total. The summed E-state index contributed by atoms with van der Waals surface area (Å²) in [6.07, 6.45) is 3.50. The highest BCUT2D eigenvalue weighted by atomic mass is 32.2. The number of nitrogen functional groups attached to an aromatic ring is 1. The highest BCUT2D eigenvalue weighted by Gasteiger charge is 2.41. The standard InChI is InChI=1S/C15H21NO3S/c16-13-3-1-2-4-14(13)20(17)12-5-8-19-15(11-12)6-9-18-10-7-15/h1-4,12H,5-11,16H2. The maximum Gasteiger partial charge on any atom is 0.0738 e. The largest absolute Gasteiger partial charge is 0.398 e. The van der Waals surface area contributed by atoms with Crippen molar-refractivity contribution in [1.29, 1.82) is 0 Å². The second-order valence-corrected chi connectivity index (χ2v) is 7.30. The van der Waals surface area contributed by atoms with Crippen LogP contribution in [0.1, 0.15) is 25.7 Å². The van der Waals surface area contributed by atoms with Crippen molar-refractivity contribution in [1.82, 2.24) is 0 Å². The summed E-state index contributed by atoms with van der Waals surface area (Å²) < 4.78 is 24.2. The molecule has 0 radical (unpaired) electrons. The van der Waals surface area contributed by atoms with Crippen LogP contribution >= 0.6 is 0 Å². The normalized spacial score (nSPS) is 27.3. The highest BCUT2D eigenvalue weighted by Crippen LogP contribution is 2.37. The molecule has 1 aromatic rings. The summed E-state index contributed by atoms with van der Waals surface area (Å²) in [6.45, 7) is 2.17. The van der Waals surface area contributed by atoms with Crippen LogP contribution in [0.4, 0.5) is 5.69 Å². The van der Waals surface area contributed by atoms with Crippen molar-refractivity contribution in [2.75, 3.05) is 25.6 Å². The maximum atomic E-state index is 12.8. The zero-order valence-electron chi connectivity index (χ0n) is 11.5. The molecule has 1 aromatic carbocycles. The molecule has 5 heteroatoms. The topological polar surface area (TPSA) is 61.6 Å². The van der Waals surface area contributed by atoms with Crippen LogP contribution in [-0.2, 0) is 20.3 Å². The Morgan fingerprint density at radius 2 is 1.95 bits per heavy atom. The van der Waals surface area contributed by atoms with Gasteiger partial charge in [-0.2, -0.15) is 0 Å². The molecular weight excluding hydrogens is 274 g/mol. The summed E-state index contributed by atoms with van der Waals surface area (Å²) in [5.41, 5.74) is 6.45. The Hall–Kier alpha value is -0.910. The van der Waals surface area contributed by atoms with E-state index in [-0.39, 0.29) is 10.9 Å². The molecule has 0 aromatic heterocycles. The van der Waals surface area contributed by atoms with E-state index in [2.05, 4.69) is 0 Å². The van der Waals surface area contributed by atoms with Crippen molar-refractivity contribution in [3.05, 3.63) is 24.3 Å². The van der Waals surface area contributed by atoms with Gasteiger partial charge in [-0.25, -0.2) is 0 Å². The summed E-state index contributed by atoms with van der Waals surface area (Å²) in [4.78, 5) is 0.765. The van der Waals surface area contributed by atoms with Gasteiger partial charge < -0.3 is 15.2 Å². The molecule has 2 unspecified atom stereocenters. The average molecular weight is 295 g/mol. The Balaban J connectivity index is 1.77. The molecule has 2 saturated heterocycles. The van der Waals surface area contributed by atoms with Gasteiger partial charge in [0, 0.05) is 30.8 Å². The number of hydrogen-bond donors (Lipinski definition) is 1. The molecule has 0 aliphatic carbocycles. The SMILES string of the molecule is Nc1ccccc1S(=O)C1CCOC2(CCOCC2)C1. The first kappa shape index (κ1) is 14.0. The van der Waals surface area contributed by atoms with Gasteiger partial charge in [0.25, 0.3) is 0 Å². The summed E-state index contributed by atoms with van der Waals surface area (Å²) >= 11 is 0. The fraction of sp³-hybridized carbons (Fsp3) is 0.600. The molecule has 2 N–H and O–H groups in total. The van der Waals surface area contributed by atoms with Gasteiger partial charge in [0.2, 0.25) is 0 Å². The van der Waals surface area contributed by atoms with E-state index in [1.54, 1.807) is 0 Å². The first-order valence-corrected chi connectivity index (χ1v) is 8.38. The lowest BCUT2D eigenvalue weighted by Gasteiger charge is -2.43. The molecule has 20 heavy (non-hydrogen) atoms. The van der Waals surface area contributed by atoms with E-state index < -0.39 is 10.8 Å². The minimum absolute atomic E-state index is 0.125. The summed E-state index contributed by atoms with van der Waals surface area (Å²) in [5, 5.41) is 0.131. The van der Waals surface area contributed by atoms with Crippen LogP contribution in [0.2, 0.25) is 0 Å². The number of ether oxygens (including phenoxy) is 2. The van der Waals surface area contributed by atoms with Crippen LogP contribution in [0, 0.1) is 0 Å². The first-order valence-electron chi connectivity index (χ1n) is 7.17. The fourth-order valence-corrected chi connectivity index (χ4v) is 4.74. The van der Waals surface area contributed by atoms with Gasteiger partial charge in [-0.3, -0.25) is 4.21 Å². The summed E-state index contributed by atoms with van der Waals surface area (Å²) in [6, 6.07) is 7.46. The average Bonchev–Trinajstić information content (AvgIpc) is 2.48. The quantitative estimate of drug-likeness (QED) is 0.849. The molecule has 2 aliphatic heterocycles. The van der Waals surface area contributed by atoms with Crippen LogP contribution in [0.25, 0.3) is 0 Å². The minimum atomic E-state index is -1.05. The molecule has 1 spiro atoms. The zero-order chi connectivity index (χ0) is 14.0. The van der Waals surface area contributed by atoms with Crippen molar-refractivity contribution >= 4 is 16.5 Å². The van der Waals surface area contributed by atoms with Crippen molar-refractivity contribution in [3.63, 3.8) is 0 Å². The van der Waals surface area contributed by atoms with Crippen molar-refractivity contribution in [3.8, 4) is 0 Å². The van der Waals surface area contributed by atoms with E-state index in [9.17, 15) is 4.21 Å². The molecule has 0 bridgehead atoms. The summed E-state index contributed by atoms with van der Waals surface area (Å²) in [5.74, 6) is 0. The first-order chi connectivity index (χ1) is 9.70. The molecule has 3 rings (SSSR count). The number of para-hydroxylation sites is 1. The minimum Gasteiger partial charge on any atom is -0.398 e. The molecule has 0 amide bonds. The van der Waals surface area contributed by atoms with Crippen LogP contribution in [0.3, 0.4) is 0 Å². The smallest absolute Gasteiger partial charge is 0.0738 e. The summed E-state index contributed by atoms with van der Waals surface area (Å²) in [7, 11) is -1.05. The molecule has 110 valence electrons. The second kappa shape index (κ2) is 5.84. The lowest BCUT2D eigenvalue weighted by molar-refractivity contribution is -0.131. The van der Waals surface area contributed by atoms with E-state index >= 15 is 0 Å².